The summed E-state index contributed by atoms with van der Waals surface area (Å²) in [6.45, 7) is 0. The Morgan fingerprint density at radius 1 is 1.55 bits per heavy atom. The van der Waals surface area contributed by atoms with E-state index < -0.39 is 0 Å². The van der Waals surface area contributed by atoms with Crippen molar-refractivity contribution in [1.29, 1.82) is 0 Å². The summed E-state index contributed by atoms with van der Waals surface area (Å²) in [6.07, 6.45) is 0. The number of halogens is 2. The minimum absolute atomic E-state index is 0.446. The normalized spacial score (nSPS) is 9.73. The Labute approximate surface area is 78.4 Å². The van der Waals surface area contributed by atoms with E-state index in [1.54, 1.807) is 19.2 Å². The highest BCUT2D eigenvalue weighted by atomic mass is 79.9. The first-order valence-electron chi connectivity index (χ1n) is 2.94. The van der Waals surface area contributed by atoms with E-state index in [4.69, 9.17) is 22.1 Å². The zero-order valence-electron chi connectivity index (χ0n) is 5.90. The number of benzene rings is 1. The molecule has 0 heterocycles. The van der Waals surface area contributed by atoms with Gasteiger partial charge >= 0.3 is 0 Å². The molecular weight excluding hydrogens is 229 g/mol. The Morgan fingerprint density at radius 3 is 2.73 bits per heavy atom. The van der Waals surface area contributed by atoms with Crippen molar-refractivity contribution in [2.75, 3.05) is 12.8 Å². The first-order chi connectivity index (χ1) is 5.16. The van der Waals surface area contributed by atoms with Gasteiger partial charge in [0.05, 0.1) is 12.8 Å². The Balaban J connectivity index is 3.25. The quantitative estimate of drug-likeness (QED) is 0.761. The fourth-order valence-electron chi connectivity index (χ4n) is 0.707. The Morgan fingerprint density at radius 2 is 2.18 bits per heavy atom. The molecule has 0 atom stereocenters. The van der Waals surface area contributed by atoms with Gasteiger partial charge in [0, 0.05) is 4.47 Å². The molecule has 0 fully saturated rings. The lowest BCUT2D eigenvalue weighted by molar-refractivity contribution is 0.415. The SMILES string of the molecule is COc1ccc(Br)c(N)c1Cl. The highest BCUT2D eigenvalue weighted by molar-refractivity contribution is 9.10. The summed E-state index contributed by atoms with van der Waals surface area (Å²) >= 11 is 9.06. The molecular formula is C7H7BrClNO. The fraction of sp³-hybridized carbons (Fsp3) is 0.143. The molecule has 0 amide bonds. The van der Waals surface area contributed by atoms with Gasteiger partial charge in [-0.15, -0.1) is 0 Å². The topological polar surface area (TPSA) is 35.2 Å². The van der Waals surface area contributed by atoms with Gasteiger partial charge in [-0.25, -0.2) is 0 Å². The molecule has 4 heteroatoms. The number of ether oxygens (including phenoxy) is 1. The number of hydrogen-bond donors (Lipinski definition) is 1. The maximum atomic E-state index is 5.82. The van der Waals surface area contributed by atoms with Crippen LogP contribution in [0.15, 0.2) is 16.6 Å². The lowest BCUT2D eigenvalue weighted by Gasteiger charge is -2.05. The minimum Gasteiger partial charge on any atom is -0.495 e. The third-order valence-electron chi connectivity index (χ3n) is 1.31. The molecule has 1 aromatic rings. The van der Waals surface area contributed by atoms with Crippen LogP contribution in [-0.2, 0) is 0 Å². The van der Waals surface area contributed by atoms with E-state index in [0.717, 1.165) is 4.47 Å². The highest BCUT2D eigenvalue weighted by Crippen LogP contribution is 2.35. The van der Waals surface area contributed by atoms with E-state index in [1.165, 1.54) is 0 Å². The van der Waals surface area contributed by atoms with Crippen molar-refractivity contribution in [3.63, 3.8) is 0 Å². The molecule has 0 spiro atoms. The number of anilines is 1. The van der Waals surface area contributed by atoms with Crippen LogP contribution in [0.5, 0.6) is 5.75 Å². The molecule has 0 saturated carbocycles. The Hall–Kier alpha value is -0.410. The average Bonchev–Trinajstić information content (AvgIpc) is 2.01. The number of hydrogen-bond acceptors (Lipinski definition) is 2. The van der Waals surface area contributed by atoms with Crippen LogP contribution < -0.4 is 10.5 Å². The molecule has 0 bridgehead atoms. The van der Waals surface area contributed by atoms with Crippen LogP contribution in [0.3, 0.4) is 0 Å². The van der Waals surface area contributed by atoms with Gasteiger partial charge in [0.25, 0.3) is 0 Å². The maximum Gasteiger partial charge on any atom is 0.139 e. The number of methoxy groups -OCH3 is 1. The predicted octanol–water partition coefficient (Wildman–Crippen LogP) is 2.69. The van der Waals surface area contributed by atoms with Gasteiger partial charge in [-0.1, -0.05) is 11.6 Å². The molecule has 2 nitrogen and oxygen atoms in total. The number of nitrogen functional groups attached to an aromatic ring is 1. The molecule has 0 aliphatic rings. The van der Waals surface area contributed by atoms with E-state index in [9.17, 15) is 0 Å². The smallest absolute Gasteiger partial charge is 0.139 e. The summed E-state index contributed by atoms with van der Waals surface area (Å²) in [6, 6.07) is 3.54. The lowest BCUT2D eigenvalue weighted by Crippen LogP contribution is -1.91. The van der Waals surface area contributed by atoms with Gasteiger partial charge in [0.2, 0.25) is 0 Å². The molecule has 0 unspecified atom stereocenters. The standard InChI is InChI=1S/C7H7BrClNO/c1-11-5-3-2-4(8)7(10)6(5)9/h2-3H,10H2,1H3. The molecule has 0 aliphatic heterocycles. The molecule has 0 radical (unpaired) electrons. The largest absolute Gasteiger partial charge is 0.495 e. The molecule has 60 valence electrons. The van der Waals surface area contributed by atoms with Crippen molar-refractivity contribution >= 4 is 33.2 Å². The van der Waals surface area contributed by atoms with Crippen molar-refractivity contribution in [3.05, 3.63) is 21.6 Å². The van der Waals surface area contributed by atoms with E-state index in [0.29, 0.717) is 16.5 Å². The van der Waals surface area contributed by atoms with Crippen LogP contribution in [0.25, 0.3) is 0 Å². The number of nitrogens with two attached hydrogens (primary N) is 1. The van der Waals surface area contributed by atoms with Crippen LogP contribution in [0.2, 0.25) is 5.02 Å². The monoisotopic (exact) mass is 235 g/mol. The van der Waals surface area contributed by atoms with E-state index in [-0.39, 0.29) is 0 Å². The second kappa shape index (κ2) is 3.32. The third kappa shape index (κ3) is 1.60. The van der Waals surface area contributed by atoms with Crippen LogP contribution >= 0.6 is 27.5 Å². The predicted molar refractivity (Wildman–Crippen MR) is 50.1 cm³/mol. The summed E-state index contributed by atoms with van der Waals surface area (Å²) < 4.78 is 5.73. The van der Waals surface area contributed by atoms with Crippen molar-refractivity contribution in [2.45, 2.75) is 0 Å². The number of rotatable bonds is 1. The van der Waals surface area contributed by atoms with Gasteiger partial charge in [-0.3, -0.25) is 0 Å². The van der Waals surface area contributed by atoms with Crippen LogP contribution in [-0.4, -0.2) is 7.11 Å². The zero-order chi connectivity index (χ0) is 8.43. The van der Waals surface area contributed by atoms with Crippen molar-refractivity contribution < 1.29 is 4.74 Å². The van der Waals surface area contributed by atoms with Gasteiger partial charge in [-0.05, 0) is 28.1 Å². The van der Waals surface area contributed by atoms with Crippen LogP contribution in [0, 0.1) is 0 Å². The highest BCUT2D eigenvalue weighted by Gasteiger charge is 2.06. The van der Waals surface area contributed by atoms with Crippen molar-refractivity contribution in [1.82, 2.24) is 0 Å². The van der Waals surface area contributed by atoms with Crippen LogP contribution in [0.4, 0.5) is 5.69 Å². The summed E-state index contributed by atoms with van der Waals surface area (Å²) in [5.74, 6) is 0.590. The van der Waals surface area contributed by atoms with Gasteiger partial charge < -0.3 is 10.5 Å². The van der Waals surface area contributed by atoms with E-state index in [2.05, 4.69) is 15.9 Å². The fourth-order valence-corrected chi connectivity index (χ4v) is 1.39. The second-order valence-electron chi connectivity index (χ2n) is 1.98. The van der Waals surface area contributed by atoms with E-state index in [1.807, 2.05) is 0 Å². The lowest BCUT2D eigenvalue weighted by atomic mass is 10.3. The molecule has 1 rings (SSSR count). The summed E-state index contributed by atoms with van der Waals surface area (Å²) in [5.41, 5.74) is 6.10. The van der Waals surface area contributed by atoms with Crippen molar-refractivity contribution in [2.24, 2.45) is 0 Å². The molecule has 0 aliphatic carbocycles. The molecule has 2 N–H and O–H groups in total. The van der Waals surface area contributed by atoms with Crippen LogP contribution in [0.1, 0.15) is 0 Å². The molecule has 0 saturated heterocycles. The maximum absolute atomic E-state index is 5.82. The first-order valence-corrected chi connectivity index (χ1v) is 4.11. The summed E-state index contributed by atoms with van der Waals surface area (Å²) in [5, 5.41) is 0.446. The molecule has 0 aromatic heterocycles. The molecule has 1 aromatic carbocycles. The Bertz CT molecular complexity index is 277. The van der Waals surface area contributed by atoms with Gasteiger partial charge in [-0.2, -0.15) is 0 Å². The molecule has 11 heavy (non-hydrogen) atoms. The first kappa shape index (κ1) is 8.68. The summed E-state index contributed by atoms with van der Waals surface area (Å²) in [7, 11) is 1.55. The zero-order valence-corrected chi connectivity index (χ0v) is 8.24. The van der Waals surface area contributed by atoms with Gasteiger partial charge in [0.1, 0.15) is 10.8 Å². The van der Waals surface area contributed by atoms with E-state index >= 15 is 0 Å². The average molecular weight is 236 g/mol. The van der Waals surface area contributed by atoms with Gasteiger partial charge in [0.15, 0.2) is 0 Å². The minimum atomic E-state index is 0.446. The summed E-state index contributed by atoms with van der Waals surface area (Å²) in [4.78, 5) is 0. The van der Waals surface area contributed by atoms with Crippen molar-refractivity contribution in [3.8, 4) is 5.75 Å². The Kier molecular flexibility index (Phi) is 2.62. The second-order valence-corrected chi connectivity index (χ2v) is 3.21. The third-order valence-corrected chi connectivity index (χ3v) is 2.39.